The lowest BCUT2D eigenvalue weighted by Gasteiger charge is -2.22. The molecule has 7 heteroatoms. The summed E-state index contributed by atoms with van der Waals surface area (Å²) >= 11 is 0. The monoisotopic (exact) mass is 308 g/mol. The zero-order valence-electron chi connectivity index (χ0n) is 13.3. The maximum Gasteiger partial charge on any atom is 0.323 e. The molecule has 122 valence electrons. The highest BCUT2D eigenvalue weighted by molar-refractivity contribution is 5.75. The van der Waals surface area contributed by atoms with E-state index in [9.17, 15) is 9.59 Å². The van der Waals surface area contributed by atoms with Crippen molar-refractivity contribution in [3.05, 3.63) is 18.6 Å². The number of nitrogens with one attached hydrogen (secondary N) is 1. The largest absolute Gasteiger partial charge is 0.459 e. The van der Waals surface area contributed by atoms with Gasteiger partial charge in [-0.2, -0.15) is 0 Å². The quantitative estimate of drug-likeness (QED) is 0.550. The van der Waals surface area contributed by atoms with Crippen LogP contribution in [0.2, 0.25) is 0 Å². The van der Waals surface area contributed by atoms with Crippen LogP contribution in [-0.4, -0.2) is 39.9 Å². The Morgan fingerprint density at radius 2 is 2.14 bits per heavy atom. The maximum atomic E-state index is 11.7. The molecule has 0 aliphatic carbocycles. The average Bonchev–Trinajstić information content (AvgIpc) is 2.45. The molecule has 0 aliphatic heterocycles. The van der Waals surface area contributed by atoms with Crippen molar-refractivity contribution in [2.24, 2.45) is 5.73 Å². The van der Waals surface area contributed by atoms with Crippen LogP contribution >= 0.6 is 0 Å². The predicted molar refractivity (Wildman–Crippen MR) is 83.2 cm³/mol. The van der Waals surface area contributed by atoms with Crippen LogP contribution in [0.4, 0.5) is 5.82 Å². The zero-order chi connectivity index (χ0) is 16.6. The van der Waals surface area contributed by atoms with E-state index in [-0.39, 0.29) is 6.04 Å². The van der Waals surface area contributed by atoms with Crippen LogP contribution in [0.3, 0.4) is 0 Å². The minimum Gasteiger partial charge on any atom is -0.459 e. The van der Waals surface area contributed by atoms with Crippen LogP contribution in [-0.2, 0) is 14.3 Å². The summed E-state index contributed by atoms with van der Waals surface area (Å²) < 4.78 is 5.21. The molecule has 0 radical (unpaired) electrons. The highest BCUT2D eigenvalue weighted by Crippen LogP contribution is 2.11. The zero-order valence-corrected chi connectivity index (χ0v) is 13.3. The molecule has 1 rings (SSSR count). The van der Waals surface area contributed by atoms with Gasteiger partial charge < -0.3 is 20.6 Å². The number of anilines is 1. The van der Waals surface area contributed by atoms with Gasteiger partial charge in [-0.15, -0.1) is 0 Å². The summed E-state index contributed by atoms with van der Waals surface area (Å²) in [4.78, 5) is 30.8. The lowest BCUT2D eigenvalue weighted by atomic mass is 10.1. The van der Waals surface area contributed by atoms with E-state index in [1.807, 2.05) is 0 Å². The van der Waals surface area contributed by atoms with E-state index in [1.54, 1.807) is 39.4 Å². The van der Waals surface area contributed by atoms with Gasteiger partial charge in [-0.25, -0.2) is 4.98 Å². The summed E-state index contributed by atoms with van der Waals surface area (Å²) in [7, 11) is 0. The van der Waals surface area contributed by atoms with Gasteiger partial charge in [-0.05, 0) is 40.0 Å². The number of carbonyl (C=O) groups excluding carboxylic acids is 2. The molecule has 22 heavy (non-hydrogen) atoms. The van der Waals surface area contributed by atoms with E-state index in [2.05, 4.69) is 15.3 Å². The molecule has 0 fully saturated rings. The second-order valence-electron chi connectivity index (χ2n) is 6.05. The van der Waals surface area contributed by atoms with E-state index < -0.39 is 17.6 Å². The molecule has 0 saturated heterocycles. The Morgan fingerprint density at radius 3 is 2.68 bits per heavy atom. The highest BCUT2D eigenvalue weighted by Gasteiger charge is 2.22. The van der Waals surface area contributed by atoms with E-state index in [0.29, 0.717) is 25.1 Å². The SMILES string of the molecule is CC(C)(C)OC(=O)C(N)CCC[C@@H](C=O)Nc1cnccn1. The Kier molecular flexibility index (Phi) is 6.91. The molecule has 0 aliphatic rings. The first-order valence-corrected chi connectivity index (χ1v) is 7.28. The van der Waals surface area contributed by atoms with Gasteiger partial charge in [-0.3, -0.25) is 9.78 Å². The molecule has 1 aromatic rings. The summed E-state index contributed by atoms with van der Waals surface area (Å²) in [5.74, 6) is 0.119. The summed E-state index contributed by atoms with van der Waals surface area (Å²) in [6.07, 6.45) is 7.09. The molecule has 0 bridgehead atoms. The third-order valence-electron chi connectivity index (χ3n) is 2.80. The third-order valence-corrected chi connectivity index (χ3v) is 2.80. The molecule has 0 amide bonds. The van der Waals surface area contributed by atoms with Crippen LogP contribution in [0.15, 0.2) is 18.6 Å². The molecule has 7 nitrogen and oxygen atoms in total. The second kappa shape index (κ2) is 8.43. The fourth-order valence-corrected chi connectivity index (χ4v) is 1.79. The Hall–Kier alpha value is -2.02. The first kappa shape index (κ1) is 18.0. The van der Waals surface area contributed by atoms with Crippen molar-refractivity contribution in [3.8, 4) is 0 Å². The number of nitrogens with zero attached hydrogens (tertiary/aromatic N) is 2. The fourth-order valence-electron chi connectivity index (χ4n) is 1.79. The molecule has 3 N–H and O–H groups in total. The molecular formula is C15H24N4O3. The third kappa shape index (κ3) is 7.12. The van der Waals surface area contributed by atoms with E-state index in [4.69, 9.17) is 10.5 Å². The average molecular weight is 308 g/mol. The highest BCUT2D eigenvalue weighted by atomic mass is 16.6. The topological polar surface area (TPSA) is 107 Å². The van der Waals surface area contributed by atoms with E-state index >= 15 is 0 Å². The number of esters is 1. The molecule has 0 aromatic carbocycles. The van der Waals surface area contributed by atoms with Crippen LogP contribution in [0.5, 0.6) is 0 Å². The summed E-state index contributed by atoms with van der Waals surface area (Å²) in [5, 5.41) is 2.97. The summed E-state index contributed by atoms with van der Waals surface area (Å²) in [6.45, 7) is 5.39. The number of hydrogen-bond donors (Lipinski definition) is 2. The van der Waals surface area contributed by atoms with Crippen molar-refractivity contribution in [1.82, 2.24) is 9.97 Å². The molecule has 2 atom stereocenters. The van der Waals surface area contributed by atoms with Gasteiger partial charge >= 0.3 is 5.97 Å². The Bertz CT molecular complexity index is 473. The van der Waals surface area contributed by atoms with Crippen molar-refractivity contribution in [3.63, 3.8) is 0 Å². The van der Waals surface area contributed by atoms with Crippen LogP contribution in [0, 0.1) is 0 Å². The number of carbonyl (C=O) groups is 2. The van der Waals surface area contributed by atoms with E-state index in [0.717, 1.165) is 6.29 Å². The van der Waals surface area contributed by atoms with Crippen LogP contribution < -0.4 is 11.1 Å². The van der Waals surface area contributed by atoms with Gasteiger partial charge in [0.15, 0.2) is 0 Å². The smallest absolute Gasteiger partial charge is 0.323 e. The van der Waals surface area contributed by atoms with Crippen LogP contribution in [0.1, 0.15) is 40.0 Å². The summed E-state index contributed by atoms with van der Waals surface area (Å²) in [5.41, 5.74) is 5.25. The molecule has 1 aromatic heterocycles. The van der Waals surface area contributed by atoms with Crippen molar-refractivity contribution < 1.29 is 14.3 Å². The lowest BCUT2D eigenvalue weighted by Crippen LogP contribution is -2.37. The lowest BCUT2D eigenvalue weighted by molar-refractivity contribution is -0.156. The Labute approximate surface area is 130 Å². The standard InChI is InChI=1S/C15H24N4O3/c1-15(2,3)22-14(21)12(16)6-4-5-11(10-20)19-13-9-17-7-8-18-13/h7-12H,4-6,16H2,1-3H3,(H,18,19)/t11-,12?/m0/s1. The Balaban J connectivity index is 2.35. The van der Waals surface area contributed by atoms with Gasteiger partial charge in [0, 0.05) is 12.4 Å². The minimum absolute atomic E-state index is 0.387. The predicted octanol–water partition coefficient (Wildman–Crippen LogP) is 1.30. The van der Waals surface area contributed by atoms with Gasteiger partial charge in [0.25, 0.3) is 0 Å². The van der Waals surface area contributed by atoms with Crippen LogP contribution in [0.25, 0.3) is 0 Å². The van der Waals surface area contributed by atoms with Gasteiger partial charge in [0.05, 0.1) is 12.2 Å². The fraction of sp³-hybridized carbons (Fsp3) is 0.600. The number of rotatable bonds is 8. The van der Waals surface area contributed by atoms with Crippen molar-refractivity contribution >= 4 is 18.1 Å². The second-order valence-corrected chi connectivity index (χ2v) is 6.05. The number of hydrogen-bond acceptors (Lipinski definition) is 7. The number of nitrogens with two attached hydrogens (primary N) is 1. The van der Waals surface area contributed by atoms with Crippen molar-refractivity contribution in [2.45, 2.75) is 57.7 Å². The number of aldehydes is 1. The summed E-state index contributed by atoms with van der Waals surface area (Å²) in [6, 6.07) is -1.06. The first-order chi connectivity index (χ1) is 10.3. The number of aromatic nitrogens is 2. The first-order valence-electron chi connectivity index (χ1n) is 7.28. The molecule has 0 saturated carbocycles. The Morgan fingerprint density at radius 1 is 1.41 bits per heavy atom. The molecular weight excluding hydrogens is 284 g/mol. The van der Waals surface area contributed by atoms with Gasteiger partial charge in [0.2, 0.25) is 0 Å². The normalized spacial score (nSPS) is 14.0. The number of ether oxygens (including phenoxy) is 1. The van der Waals surface area contributed by atoms with Gasteiger partial charge in [-0.1, -0.05) is 0 Å². The van der Waals surface area contributed by atoms with Crippen molar-refractivity contribution in [2.75, 3.05) is 5.32 Å². The minimum atomic E-state index is -0.678. The maximum absolute atomic E-state index is 11.7. The van der Waals surface area contributed by atoms with E-state index in [1.165, 1.54) is 0 Å². The molecule has 0 spiro atoms. The van der Waals surface area contributed by atoms with Gasteiger partial charge in [0.1, 0.15) is 23.7 Å². The molecule has 1 unspecified atom stereocenters. The molecule has 1 heterocycles. The van der Waals surface area contributed by atoms with Crippen molar-refractivity contribution in [1.29, 1.82) is 0 Å².